The first-order valence-electron chi connectivity index (χ1n) is 11.6. The summed E-state index contributed by atoms with van der Waals surface area (Å²) in [5.41, 5.74) is 1.88. The molecule has 2 aromatic rings. The maximum absolute atomic E-state index is 12.7. The zero-order valence-electron chi connectivity index (χ0n) is 18.6. The highest BCUT2D eigenvalue weighted by Gasteiger charge is 2.24. The third-order valence-corrected chi connectivity index (χ3v) is 6.23. The molecule has 2 saturated heterocycles. The van der Waals surface area contributed by atoms with Crippen molar-refractivity contribution in [3.63, 3.8) is 0 Å². The average Bonchev–Trinajstić information content (AvgIpc) is 2.87. The number of hydrogen-bond donors (Lipinski definition) is 0. The molecule has 0 radical (unpaired) electrons. The highest BCUT2D eigenvalue weighted by atomic mass is 16.5. The summed E-state index contributed by atoms with van der Waals surface area (Å²) in [4.78, 5) is 29.0. The smallest absolute Gasteiger partial charge is 0.254 e. The summed E-state index contributed by atoms with van der Waals surface area (Å²) in [5, 5.41) is 0. The molecular formula is C26H32N2O4. The van der Waals surface area contributed by atoms with E-state index in [4.69, 9.17) is 9.47 Å². The Morgan fingerprint density at radius 1 is 0.938 bits per heavy atom. The maximum atomic E-state index is 12.7. The van der Waals surface area contributed by atoms with Crippen LogP contribution in [0.4, 0.5) is 0 Å². The molecule has 2 heterocycles. The van der Waals surface area contributed by atoms with E-state index in [0.717, 1.165) is 38.1 Å². The summed E-state index contributed by atoms with van der Waals surface area (Å²) < 4.78 is 11.3. The second-order valence-corrected chi connectivity index (χ2v) is 8.57. The van der Waals surface area contributed by atoms with E-state index in [1.54, 1.807) is 0 Å². The molecule has 4 rings (SSSR count). The minimum atomic E-state index is 0.0387. The van der Waals surface area contributed by atoms with E-state index < -0.39 is 0 Å². The van der Waals surface area contributed by atoms with Crippen molar-refractivity contribution in [1.29, 1.82) is 0 Å². The van der Waals surface area contributed by atoms with Crippen molar-refractivity contribution in [3.05, 3.63) is 65.7 Å². The average molecular weight is 437 g/mol. The predicted octanol–water partition coefficient (Wildman–Crippen LogP) is 3.41. The van der Waals surface area contributed by atoms with Gasteiger partial charge >= 0.3 is 0 Å². The monoisotopic (exact) mass is 436 g/mol. The summed E-state index contributed by atoms with van der Waals surface area (Å²) in [5.74, 6) is 1.36. The Balaban J connectivity index is 1.22. The number of carbonyl (C=O) groups is 2. The first-order valence-corrected chi connectivity index (χ1v) is 11.6. The van der Waals surface area contributed by atoms with Gasteiger partial charge in [0.05, 0.1) is 19.8 Å². The fourth-order valence-corrected chi connectivity index (χ4v) is 4.34. The molecule has 6 nitrogen and oxygen atoms in total. The van der Waals surface area contributed by atoms with E-state index in [9.17, 15) is 9.59 Å². The molecule has 2 aliphatic rings. The van der Waals surface area contributed by atoms with Crippen LogP contribution in [-0.2, 0) is 16.0 Å². The second kappa shape index (κ2) is 11.1. The van der Waals surface area contributed by atoms with Crippen LogP contribution >= 0.6 is 0 Å². The normalized spacial score (nSPS) is 18.9. The van der Waals surface area contributed by atoms with Crippen molar-refractivity contribution in [2.24, 2.45) is 5.92 Å². The number of ether oxygens (including phenoxy) is 2. The standard InChI is InChI=1S/C26H32N2O4/c29-25(13-8-21-5-2-1-3-6-21)28-14-4-7-22(19-28)20-32-24-11-9-23(10-12-24)26(30)27-15-17-31-18-16-27/h1-3,5-6,9-12,22H,4,7-8,13-20H2/t22-/m1/s1. The number of nitrogens with zero attached hydrogens (tertiary/aromatic N) is 2. The largest absolute Gasteiger partial charge is 0.493 e. The summed E-state index contributed by atoms with van der Waals surface area (Å²) in [6, 6.07) is 17.5. The van der Waals surface area contributed by atoms with Crippen molar-refractivity contribution in [2.45, 2.75) is 25.7 Å². The molecule has 0 spiro atoms. The van der Waals surface area contributed by atoms with Crippen molar-refractivity contribution in [3.8, 4) is 5.75 Å². The van der Waals surface area contributed by atoms with Crippen LogP contribution in [-0.4, -0.2) is 67.6 Å². The topological polar surface area (TPSA) is 59.1 Å². The number of amides is 2. The van der Waals surface area contributed by atoms with Crippen LogP contribution in [0, 0.1) is 5.92 Å². The Morgan fingerprint density at radius 2 is 1.69 bits per heavy atom. The van der Waals surface area contributed by atoms with Crippen molar-refractivity contribution in [2.75, 3.05) is 46.0 Å². The van der Waals surface area contributed by atoms with Gasteiger partial charge in [-0.15, -0.1) is 0 Å². The summed E-state index contributed by atoms with van der Waals surface area (Å²) in [6.45, 7) is 4.64. The summed E-state index contributed by atoms with van der Waals surface area (Å²) >= 11 is 0. The van der Waals surface area contributed by atoms with Crippen LogP contribution in [0.3, 0.4) is 0 Å². The van der Waals surface area contributed by atoms with Gasteiger partial charge in [0.25, 0.3) is 5.91 Å². The first-order chi connectivity index (χ1) is 15.7. The zero-order valence-corrected chi connectivity index (χ0v) is 18.6. The lowest BCUT2D eigenvalue weighted by molar-refractivity contribution is -0.133. The van der Waals surface area contributed by atoms with Gasteiger partial charge in [-0.05, 0) is 49.1 Å². The van der Waals surface area contributed by atoms with Crippen molar-refractivity contribution >= 4 is 11.8 Å². The minimum Gasteiger partial charge on any atom is -0.493 e. The Hall–Kier alpha value is -2.86. The number of rotatable bonds is 7. The predicted molar refractivity (Wildman–Crippen MR) is 123 cm³/mol. The molecule has 2 fully saturated rings. The van der Waals surface area contributed by atoms with Crippen LogP contribution in [0.2, 0.25) is 0 Å². The third-order valence-electron chi connectivity index (χ3n) is 6.23. The number of benzene rings is 2. The molecule has 170 valence electrons. The minimum absolute atomic E-state index is 0.0387. The fraction of sp³-hybridized carbons (Fsp3) is 0.462. The summed E-state index contributed by atoms with van der Waals surface area (Å²) in [6.07, 6.45) is 3.41. The molecule has 2 aliphatic heterocycles. The van der Waals surface area contributed by atoms with Gasteiger partial charge < -0.3 is 19.3 Å². The zero-order chi connectivity index (χ0) is 22.2. The van der Waals surface area contributed by atoms with Crippen molar-refractivity contribution < 1.29 is 19.1 Å². The SMILES string of the molecule is O=C(CCc1ccccc1)N1CCC[C@@H](COc2ccc(C(=O)N3CCOCC3)cc2)C1. The summed E-state index contributed by atoms with van der Waals surface area (Å²) in [7, 11) is 0. The Labute approximate surface area is 190 Å². The quantitative estimate of drug-likeness (QED) is 0.668. The molecule has 0 unspecified atom stereocenters. The first kappa shape index (κ1) is 22.3. The molecule has 0 N–H and O–H groups in total. The van der Waals surface area contributed by atoms with E-state index in [-0.39, 0.29) is 11.8 Å². The lowest BCUT2D eigenvalue weighted by Crippen LogP contribution is -2.41. The van der Waals surface area contributed by atoms with Crippen LogP contribution in [0.5, 0.6) is 5.75 Å². The molecule has 0 aromatic heterocycles. The highest BCUT2D eigenvalue weighted by Crippen LogP contribution is 2.21. The van der Waals surface area contributed by atoms with E-state index in [1.807, 2.05) is 52.3 Å². The number of morpholine rings is 1. The Morgan fingerprint density at radius 3 is 2.44 bits per heavy atom. The number of likely N-dealkylation sites (tertiary alicyclic amines) is 1. The van der Waals surface area contributed by atoms with E-state index in [1.165, 1.54) is 5.56 Å². The van der Waals surface area contributed by atoms with Crippen LogP contribution in [0.25, 0.3) is 0 Å². The molecule has 1 atom stereocenters. The number of hydrogen-bond acceptors (Lipinski definition) is 4. The van der Waals surface area contributed by atoms with Gasteiger partial charge in [0, 0.05) is 44.1 Å². The highest BCUT2D eigenvalue weighted by molar-refractivity contribution is 5.94. The second-order valence-electron chi connectivity index (χ2n) is 8.57. The molecule has 0 bridgehead atoms. The van der Waals surface area contributed by atoms with Crippen LogP contribution < -0.4 is 4.74 Å². The van der Waals surface area contributed by atoms with Crippen LogP contribution in [0.1, 0.15) is 35.2 Å². The molecule has 0 aliphatic carbocycles. The molecule has 32 heavy (non-hydrogen) atoms. The molecule has 2 aromatic carbocycles. The van der Waals surface area contributed by atoms with Gasteiger partial charge in [-0.25, -0.2) is 0 Å². The molecule has 6 heteroatoms. The maximum Gasteiger partial charge on any atom is 0.254 e. The van der Waals surface area contributed by atoms with Gasteiger partial charge in [0.2, 0.25) is 5.91 Å². The third kappa shape index (κ3) is 6.10. The van der Waals surface area contributed by atoms with Crippen molar-refractivity contribution in [1.82, 2.24) is 9.80 Å². The van der Waals surface area contributed by atoms with Gasteiger partial charge in [-0.3, -0.25) is 9.59 Å². The molecule has 0 saturated carbocycles. The lowest BCUT2D eigenvalue weighted by atomic mass is 9.98. The van der Waals surface area contributed by atoms with E-state index >= 15 is 0 Å². The number of piperidine rings is 1. The fourth-order valence-electron chi connectivity index (χ4n) is 4.34. The van der Waals surface area contributed by atoms with Gasteiger partial charge in [0.15, 0.2) is 0 Å². The van der Waals surface area contributed by atoms with E-state index in [2.05, 4.69) is 12.1 Å². The van der Waals surface area contributed by atoms with Gasteiger partial charge in [-0.1, -0.05) is 30.3 Å². The van der Waals surface area contributed by atoms with Crippen LogP contribution in [0.15, 0.2) is 54.6 Å². The van der Waals surface area contributed by atoms with E-state index in [0.29, 0.717) is 50.8 Å². The molecule has 2 amide bonds. The van der Waals surface area contributed by atoms with Gasteiger partial charge in [-0.2, -0.15) is 0 Å². The Kier molecular flexibility index (Phi) is 7.77. The number of carbonyl (C=O) groups excluding carboxylic acids is 2. The Bertz CT molecular complexity index is 878. The number of aryl methyl sites for hydroxylation is 1. The van der Waals surface area contributed by atoms with Gasteiger partial charge in [0.1, 0.15) is 5.75 Å². The molecular weight excluding hydrogens is 404 g/mol. The lowest BCUT2D eigenvalue weighted by Gasteiger charge is -2.32.